The fraction of sp³-hybridized carbons (Fsp3) is 0.462. The lowest BCUT2D eigenvalue weighted by Crippen LogP contribution is -2.08. The predicted octanol–water partition coefficient (Wildman–Crippen LogP) is 3.23. The fourth-order valence-electron chi connectivity index (χ4n) is 1.36. The van der Waals surface area contributed by atoms with E-state index >= 15 is 0 Å². The van der Waals surface area contributed by atoms with Crippen LogP contribution in [0, 0.1) is 12.8 Å². The molecule has 16 heavy (non-hydrogen) atoms. The van der Waals surface area contributed by atoms with Crippen LogP contribution in [-0.2, 0) is 0 Å². The van der Waals surface area contributed by atoms with E-state index in [0.717, 1.165) is 16.9 Å². The van der Waals surface area contributed by atoms with Crippen LogP contribution in [0.25, 0.3) is 0 Å². The lowest BCUT2D eigenvalue weighted by Gasteiger charge is -2.13. The Bertz CT molecular complexity index is 384. The van der Waals surface area contributed by atoms with Crippen LogP contribution in [0.15, 0.2) is 23.4 Å². The maximum Gasteiger partial charge on any atom is 0.128 e. The summed E-state index contributed by atoms with van der Waals surface area (Å²) in [4.78, 5) is 0. The summed E-state index contributed by atoms with van der Waals surface area (Å²) in [5, 5.41) is 12.0. The number of benzene rings is 1. The molecule has 3 nitrogen and oxygen atoms in total. The van der Waals surface area contributed by atoms with Crippen molar-refractivity contribution >= 4 is 5.71 Å². The van der Waals surface area contributed by atoms with Crippen LogP contribution >= 0.6 is 0 Å². The Morgan fingerprint density at radius 1 is 1.44 bits per heavy atom. The molecule has 0 heterocycles. The van der Waals surface area contributed by atoms with E-state index in [1.165, 1.54) is 0 Å². The largest absolute Gasteiger partial charge is 0.493 e. The summed E-state index contributed by atoms with van der Waals surface area (Å²) in [6.07, 6.45) is 0. The van der Waals surface area contributed by atoms with Crippen molar-refractivity contribution in [2.24, 2.45) is 11.1 Å². The summed E-state index contributed by atoms with van der Waals surface area (Å²) in [6.45, 7) is 8.62. The van der Waals surface area contributed by atoms with E-state index in [1.54, 1.807) is 6.92 Å². The lowest BCUT2D eigenvalue weighted by atomic mass is 10.1. The van der Waals surface area contributed by atoms with Crippen molar-refractivity contribution in [2.45, 2.75) is 27.7 Å². The van der Waals surface area contributed by atoms with Gasteiger partial charge < -0.3 is 9.94 Å². The van der Waals surface area contributed by atoms with Gasteiger partial charge in [-0.25, -0.2) is 0 Å². The Morgan fingerprint density at radius 3 is 2.69 bits per heavy atom. The molecular formula is C13H19NO2. The average Bonchev–Trinajstić information content (AvgIpc) is 2.26. The molecular weight excluding hydrogens is 202 g/mol. The zero-order valence-corrected chi connectivity index (χ0v) is 10.3. The maximum absolute atomic E-state index is 8.81. The minimum absolute atomic E-state index is 0.473. The standard InChI is InChI=1S/C13H19NO2/c1-9(2)8-16-13-6-5-10(3)7-12(13)11(4)14-15/h5-7,9,15H,8H2,1-4H3/b14-11+. The summed E-state index contributed by atoms with van der Waals surface area (Å²) in [5.74, 6) is 1.25. The van der Waals surface area contributed by atoms with E-state index in [4.69, 9.17) is 9.94 Å². The van der Waals surface area contributed by atoms with Crippen molar-refractivity contribution in [3.05, 3.63) is 29.3 Å². The molecule has 0 amide bonds. The Morgan fingerprint density at radius 2 is 2.12 bits per heavy atom. The topological polar surface area (TPSA) is 41.8 Å². The van der Waals surface area contributed by atoms with E-state index < -0.39 is 0 Å². The number of oxime groups is 1. The first-order valence-electron chi connectivity index (χ1n) is 5.47. The molecule has 0 atom stereocenters. The van der Waals surface area contributed by atoms with Crippen LogP contribution in [-0.4, -0.2) is 17.5 Å². The van der Waals surface area contributed by atoms with E-state index in [-0.39, 0.29) is 0 Å². The van der Waals surface area contributed by atoms with Gasteiger partial charge in [0.2, 0.25) is 0 Å². The normalized spacial score (nSPS) is 11.9. The third-order valence-electron chi connectivity index (χ3n) is 2.25. The highest BCUT2D eigenvalue weighted by atomic mass is 16.5. The van der Waals surface area contributed by atoms with Gasteiger partial charge in [-0.15, -0.1) is 0 Å². The fourth-order valence-corrected chi connectivity index (χ4v) is 1.36. The number of aryl methyl sites for hydroxylation is 1. The molecule has 1 rings (SSSR count). The van der Waals surface area contributed by atoms with Crippen LogP contribution in [0.3, 0.4) is 0 Å². The van der Waals surface area contributed by atoms with Gasteiger partial charge in [0, 0.05) is 5.56 Å². The smallest absolute Gasteiger partial charge is 0.128 e. The molecule has 1 aromatic carbocycles. The number of hydrogen-bond donors (Lipinski definition) is 1. The Balaban J connectivity index is 2.98. The van der Waals surface area contributed by atoms with E-state index in [9.17, 15) is 0 Å². The maximum atomic E-state index is 8.81. The molecule has 0 aliphatic carbocycles. The summed E-state index contributed by atoms with van der Waals surface area (Å²) >= 11 is 0. The quantitative estimate of drug-likeness (QED) is 0.482. The number of ether oxygens (including phenoxy) is 1. The minimum atomic E-state index is 0.473. The SMILES string of the molecule is C/C(=N\O)c1cc(C)ccc1OCC(C)C. The van der Waals surface area contributed by atoms with Gasteiger partial charge >= 0.3 is 0 Å². The zero-order chi connectivity index (χ0) is 12.1. The van der Waals surface area contributed by atoms with Crippen molar-refractivity contribution in [1.29, 1.82) is 0 Å². The second kappa shape index (κ2) is 5.54. The van der Waals surface area contributed by atoms with E-state index in [0.29, 0.717) is 18.2 Å². The molecule has 0 unspecified atom stereocenters. The van der Waals surface area contributed by atoms with Gasteiger partial charge in [-0.3, -0.25) is 0 Å². The highest BCUT2D eigenvalue weighted by Crippen LogP contribution is 2.21. The third kappa shape index (κ3) is 3.26. The molecule has 0 aromatic heterocycles. The zero-order valence-electron chi connectivity index (χ0n) is 10.3. The van der Waals surface area contributed by atoms with Crippen molar-refractivity contribution < 1.29 is 9.94 Å². The minimum Gasteiger partial charge on any atom is -0.493 e. The van der Waals surface area contributed by atoms with Crippen molar-refractivity contribution in [3.8, 4) is 5.75 Å². The summed E-state index contributed by atoms with van der Waals surface area (Å²) < 4.78 is 5.68. The second-order valence-corrected chi connectivity index (χ2v) is 4.39. The molecule has 0 fully saturated rings. The van der Waals surface area contributed by atoms with Crippen molar-refractivity contribution in [1.82, 2.24) is 0 Å². The lowest BCUT2D eigenvalue weighted by molar-refractivity contribution is 0.270. The number of hydrogen-bond acceptors (Lipinski definition) is 3. The molecule has 1 N–H and O–H groups in total. The molecule has 0 radical (unpaired) electrons. The van der Waals surface area contributed by atoms with Gasteiger partial charge in [0.1, 0.15) is 5.75 Å². The molecule has 0 spiro atoms. The van der Waals surface area contributed by atoms with Gasteiger partial charge in [-0.05, 0) is 31.9 Å². The molecule has 0 aliphatic rings. The number of nitrogens with zero attached hydrogens (tertiary/aromatic N) is 1. The van der Waals surface area contributed by atoms with Gasteiger partial charge in [0.25, 0.3) is 0 Å². The average molecular weight is 221 g/mol. The first kappa shape index (κ1) is 12.6. The second-order valence-electron chi connectivity index (χ2n) is 4.39. The van der Waals surface area contributed by atoms with E-state index in [2.05, 4.69) is 19.0 Å². The van der Waals surface area contributed by atoms with Gasteiger partial charge in [0.05, 0.1) is 12.3 Å². The molecule has 0 aliphatic heterocycles. The van der Waals surface area contributed by atoms with Crippen LogP contribution in [0.5, 0.6) is 5.75 Å². The monoisotopic (exact) mass is 221 g/mol. The van der Waals surface area contributed by atoms with Crippen molar-refractivity contribution in [2.75, 3.05) is 6.61 Å². The number of rotatable bonds is 4. The van der Waals surface area contributed by atoms with Crippen LogP contribution in [0.1, 0.15) is 31.9 Å². The van der Waals surface area contributed by atoms with Crippen LogP contribution in [0.2, 0.25) is 0 Å². The van der Waals surface area contributed by atoms with Gasteiger partial charge in [-0.1, -0.05) is 30.6 Å². The van der Waals surface area contributed by atoms with Crippen molar-refractivity contribution in [3.63, 3.8) is 0 Å². The summed E-state index contributed by atoms with van der Waals surface area (Å²) in [6, 6.07) is 5.87. The van der Waals surface area contributed by atoms with Gasteiger partial charge in [0.15, 0.2) is 0 Å². The highest BCUT2D eigenvalue weighted by Gasteiger charge is 2.08. The summed E-state index contributed by atoms with van der Waals surface area (Å²) in [5.41, 5.74) is 2.54. The predicted molar refractivity (Wildman–Crippen MR) is 65.5 cm³/mol. The molecule has 0 saturated heterocycles. The molecule has 1 aromatic rings. The van der Waals surface area contributed by atoms with Gasteiger partial charge in [-0.2, -0.15) is 0 Å². The highest BCUT2D eigenvalue weighted by molar-refractivity contribution is 6.00. The Labute approximate surface area is 96.7 Å². The Hall–Kier alpha value is -1.51. The first-order valence-corrected chi connectivity index (χ1v) is 5.47. The third-order valence-corrected chi connectivity index (χ3v) is 2.25. The van der Waals surface area contributed by atoms with Crippen LogP contribution in [0.4, 0.5) is 0 Å². The Kier molecular flexibility index (Phi) is 4.35. The molecule has 0 bridgehead atoms. The summed E-state index contributed by atoms with van der Waals surface area (Å²) in [7, 11) is 0. The first-order chi connectivity index (χ1) is 7.54. The molecule has 3 heteroatoms. The molecule has 88 valence electrons. The van der Waals surface area contributed by atoms with Crippen LogP contribution < -0.4 is 4.74 Å². The van der Waals surface area contributed by atoms with E-state index in [1.807, 2.05) is 25.1 Å². The molecule has 0 saturated carbocycles.